The fourth-order valence-electron chi connectivity index (χ4n) is 2.77. The molecule has 1 aromatic carbocycles. The molecule has 1 aliphatic rings. The Morgan fingerprint density at radius 3 is 2.95 bits per heavy atom. The third-order valence-electron chi connectivity index (χ3n) is 4.12. The van der Waals surface area contributed by atoms with E-state index in [0.717, 1.165) is 42.9 Å². The topological polar surface area (TPSA) is 33.7 Å². The first-order valence-electron chi connectivity index (χ1n) is 7.51. The zero-order chi connectivity index (χ0) is 15.2. The number of rotatable bonds is 6. The maximum absolute atomic E-state index is 5.97. The van der Waals surface area contributed by atoms with Gasteiger partial charge in [-0.15, -0.1) is 0 Å². The van der Waals surface area contributed by atoms with Gasteiger partial charge in [-0.1, -0.05) is 13.0 Å². The first-order chi connectivity index (χ1) is 10.2. The second-order valence-corrected chi connectivity index (χ2v) is 6.22. The zero-order valence-electron chi connectivity index (χ0n) is 13.1. The van der Waals surface area contributed by atoms with Crippen LogP contribution in [0.3, 0.4) is 0 Å². The van der Waals surface area contributed by atoms with E-state index in [0.29, 0.717) is 6.04 Å². The van der Waals surface area contributed by atoms with Crippen LogP contribution in [0.5, 0.6) is 5.75 Å². The molecule has 1 heterocycles. The van der Waals surface area contributed by atoms with E-state index in [1.807, 2.05) is 13.1 Å². The van der Waals surface area contributed by atoms with Crippen molar-refractivity contribution in [2.75, 3.05) is 40.4 Å². The van der Waals surface area contributed by atoms with Gasteiger partial charge in [-0.3, -0.25) is 4.90 Å². The Bertz CT molecular complexity index is 456. The Labute approximate surface area is 135 Å². The molecule has 0 amide bonds. The monoisotopic (exact) mass is 356 g/mol. The van der Waals surface area contributed by atoms with Crippen LogP contribution in [0.4, 0.5) is 0 Å². The number of hydrogen-bond acceptors (Lipinski definition) is 4. The van der Waals surface area contributed by atoms with Gasteiger partial charge in [-0.2, -0.15) is 0 Å². The molecule has 1 N–H and O–H groups in total. The Balaban J connectivity index is 2.03. The Kier molecular flexibility index (Phi) is 6.48. The van der Waals surface area contributed by atoms with Crippen LogP contribution in [0.2, 0.25) is 0 Å². The van der Waals surface area contributed by atoms with Crippen molar-refractivity contribution >= 4 is 15.9 Å². The molecule has 21 heavy (non-hydrogen) atoms. The van der Waals surface area contributed by atoms with Crippen molar-refractivity contribution in [2.45, 2.75) is 25.5 Å². The van der Waals surface area contributed by atoms with Crippen molar-refractivity contribution in [1.82, 2.24) is 10.2 Å². The van der Waals surface area contributed by atoms with Gasteiger partial charge in [0.05, 0.1) is 24.3 Å². The lowest BCUT2D eigenvalue weighted by Gasteiger charge is -2.36. The van der Waals surface area contributed by atoms with Crippen LogP contribution in [0.25, 0.3) is 0 Å². The lowest BCUT2D eigenvalue weighted by Crippen LogP contribution is -2.52. The van der Waals surface area contributed by atoms with Crippen LogP contribution in [0.15, 0.2) is 22.7 Å². The summed E-state index contributed by atoms with van der Waals surface area (Å²) in [5.41, 5.74) is 1.28. The Hall–Kier alpha value is -0.620. The molecule has 0 saturated carbocycles. The fourth-order valence-corrected chi connectivity index (χ4v) is 3.36. The summed E-state index contributed by atoms with van der Waals surface area (Å²) in [5.74, 6) is 0.867. The smallest absolute Gasteiger partial charge is 0.133 e. The van der Waals surface area contributed by atoms with Gasteiger partial charge < -0.3 is 14.8 Å². The summed E-state index contributed by atoms with van der Waals surface area (Å²) in [6, 6.07) is 6.57. The molecular weight excluding hydrogens is 332 g/mol. The molecule has 4 nitrogen and oxygen atoms in total. The third kappa shape index (κ3) is 4.42. The number of nitrogens with zero attached hydrogens (tertiary/aromatic N) is 1. The molecule has 0 radical (unpaired) electrons. The second kappa shape index (κ2) is 8.13. The molecule has 1 fully saturated rings. The Morgan fingerprint density at radius 1 is 1.52 bits per heavy atom. The minimum Gasteiger partial charge on any atom is -0.496 e. The number of methoxy groups -OCH3 is 1. The summed E-state index contributed by atoms with van der Waals surface area (Å²) < 4.78 is 12.2. The van der Waals surface area contributed by atoms with E-state index in [4.69, 9.17) is 9.47 Å². The van der Waals surface area contributed by atoms with Gasteiger partial charge in [-0.25, -0.2) is 0 Å². The standard InChI is InChI=1S/C16H25BrN2O2/c1-4-19-7-8-21-16(11-19)14(18-2)10-12-5-6-15(20-3)13(17)9-12/h5-6,9,14,16,18H,4,7-8,10-11H2,1-3H3. The summed E-state index contributed by atoms with van der Waals surface area (Å²) in [7, 11) is 3.70. The van der Waals surface area contributed by atoms with Gasteiger partial charge in [0.25, 0.3) is 0 Å². The molecule has 0 spiro atoms. The van der Waals surface area contributed by atoms with Crippen LogP contribution in [-0.2, 0) is 11.2 Å². The zero-order valence-corrected chi connectivity index (χ0v) is 14.6. The lowest BCUT2D eigenvalue weighted by molar-refractivity contribution is -0.0436. The summed E-state index contributed by atoms with van der Waals surface area (Å²) in [4.78, 5) is 2.45. The molecule has 2 rings (SSSR count). The van der Waals surface area contributed by atoms with Crippen LogP contribution in [-0.4, -0.2) is 57.4 Å². The minimum atomic E-state index is 0.240. The maximum Gasteiger partial charge on any atom is 0.133 e. The third-order valence-corrected chi connectivity index (χ3v) is 4.74. The molecule has 0 aromatic heterocycles. The van der Waals surface area contributed by atoms with Crippen molar-refractivity contribution in [3.63, 3.8) is 0 Å². The van der Waals surface area contributed by atoms with E-state index in [1.54, 1.807) is 7.11 Å². The highest BCUT2D eigenvalue weighted by molar-refractivity contribution is 9.10. The van der Waals surface area contributed by atoms with E-state index >= 15 is 0 Å². The first kappa shape index (κ1) is 16.7. The highest BCUT2D eigenvalue weighted by Gasteiger charge is 2.26. The quantitative estimate of drug-likeness (QED) is 0.847. The summed E-state index contributed by atoms with van der Waals surface area (Å²) >= 11 is 3.55. The minimum absolute atomic E-state index is 0.240. The number of halogens is 1. The average molecular weight is 357 g/mol. The van der Waals surface area contributed by atoms with Gasteiger partial charge in [0.1, 0.15) is 5.75 Å². The van der Waals surface area contributed by atoms with Gasteiger partial charge in [0.2, 0.25) is 0 Å². The molecule has 1 saturated heterocycles. The van der Waals surface area contributed by atoms with E-state index < -0.39 is 0 Å². The fraction of sp³-hybridized carbons (Fsp3) is 0.625. The second-order valence-electron chi connectivity index (χ2n) is 5.37. The molecule has 5 heteroatoms. The molecule has 118 valence electrons. The van der Waals surface area contributed by atoms with Crippen molar-refractivity contribution < 1.29 is 9.47 Å². The largest absolute Gasteiger partial charge is 0.496 e. The predicted molar refractivity (Wildman–Crippen MR) is 89.1 cm³/mol. The number of nitrogens with one attached hydrogen (secondary N) is 1. The summed E-state index contributed by atoms with van der Waals surface area (Å²) in [6.45, 7) is 6.15. The van der Waals surface area contributed by atoms with Gasteiger partial charge >= 0.3 is 0 Å². The van der Waals surface area contributed by atoms with Crippen molar-refractivity contribution in [3.8, 4) is 5.75 Å². The average Bonchev–Trinajstić information content (AvgIpc) is 2.52. The predicted octanol–water partition coefficient (Wildman–Crippen LogP) is 2.31. The highest BCUT2D eigenvalue weighted by Crippen LogP contribution is 2.26. The number of ether oxygens (including phenoxy) is 2. The van der Waals surface area contributed by atoms with E-state index in [9.17, 15) is 0 Å². The molecular formula is C16H25BrN2O2. The number of benzene rings is 1. The van der Waals surface area contributed by atoms with Gasteiger partial charge in [0, 0.05) is 19.1 Å². The number of likely N-dealkylation sites (N-methyl/N-ethyl adjacent to an activating group) is 2. The van der Waals surface area contributed by atoms with Crippen molar-refractivity contribution in [2.24, 2.45) is 0 Å². The SMILES string of the molecule is CCN1CCOC(C(Cc2ccc(OC)c(Br)c2)NC)C1. The molecule has 2 unspecified atom stereocenters. The maximum atomic E-state index is 5.97. The normalized spacial score (nSPS) is 21.2. The molecule has 0 aliphatic carbocycles. The van der Waals surface area contributed by atoms with Crippen LogP contribution >= 0.6 is 15.9 Å². The van der Waals surface area contributed by atoms with Gasteiger partial charge in [0.15, 0.2) is 0 Å². The molecule has 1 aliphatic heterocycles. The number of morpholine rings is 1. The highest BCUT2D eigenvalue weighted by atomic mass is 79.9. The van der Waals surface area contributed by atoms with Crippen molar-refractivity contribution in [3.05, 3.63) is 28.2 Å². The first-order valence-corrected chi connectivity index (χ1v) is 8.30. The van der Waals surface area contributed by atoms with Gasteiger partial charge in [-0.05, 0) is 53.6 Å². The van der Waals surface area contributed by atoms with E-state index in [-0.39, 0.29) is 6.10 Å². The van der Waals surface area contributed by atoms with Crippen LogP contribution in [0.1, 0.15) is 12.5 Å². The number of hydrogen-bond donors (Lipinski definition) is 1. The molecule has 1 aromatic rings. The summed E-state index contributed by atoms with van der Waals surface area (Å²) in [5, 5.41) is 3.41. The summed E-state index contributed by atoms with van der Waals surface area (Å²) in [6.07, 6.45) is 1.19. The molecule has 2 atom stereocenters. The Morgan fingerprint density at radius 2 is 2.33 bits per heavy atom. The van der Waals surface area contributed by atoms with E-state index in [1.165, 1.54) is 5.56 Å². The molecule has 0 bridgehead atoms. The van der Waals surface area contributed by atoms with Crippen molar-refractivity contribution in [1.29, 1.82) is 0 Å². The van der Waals surface area contributed by atoms with E-state index in [2.05, 4.69) is 45.2 Å². The van der Waals surface area contributed by atoms with Crippen LogP contribution < -0.4 is 10.1 Å². The van der Waals surface area contributed by atoms with Crippen LogP contribution in [0, 0.1) is 0 Å². The lowest BCUT2D eigenvalue weighted by atomic mass is 10.00.